The number of likely N-dealkylation sites (N-methyl/N-ethyl adjacent to an activating group) is 1. The molecule has 0 N–H and O–H groups in total. The van der Waals surface area contributed by atoms with Gasteiger partial charge in [0.25, 0.3) is 0 Å². The van der Waals surface area contributed by atoms with Crippen molar-refractivity contribution in [3.05, 3.63) is 40.9 Å². The molecule has 1 aromatic heterocycles. The second kappa shape index (κ2) is 6.18. The second-order valence-corrected chi connectivity index (χ2v) is 4.26. The Morgan fingerprint density at radius 1 is 1.25 bits per heavy atom. The van der Waals surface area contributed by atoms with E-state index >= 15 is 0 Å². The number of rotatable bonds is 5. The molecule has 2 rings (SSSR count). The molecule has 0 saturated carbocycles. The Balaban J connectivity index is 2.21. The molecule has 6 nitrogen and oxygen atoms in total. The highest BCUT2D eigenvalue weighted by molar-refractivity contribution is 5.75. The van der Waals surface area contributed by atoms with Gasteiger partial charge >= 0.3 is 5.76 Å². The lowest BCUT2D eigenvalue weighted by Gasteiger charge is -2.17. The first kappa shape index (κ1) is 14.0. The molecule has 0 spiro atoms. The first-order chi connectivity index (χ1) is 9.65. The Hall–Kier alpha value is -2.37. The van der Waals surface area contributed by atoms with Gasteiger partial charge in [0.15, 0.2) is 0 Å². The topological polar surface area (TPSA) is 68.3 Å². The second-order valence-electron chi connectivity index (χ2n) is 4.26. The summed E-state index contributed by atoms with van der Waals surface area (Å²) in [5, 5.41) is 4.06. The van der Waals surface area contributed by atoms with Crippen LogP contribution < -0.4 is 5.76 Å². The summed E-state index contributed by atoms with van der Waals surface area (Å²) >= 11 is 0. The van der Waals surface area contributed by atoms with Crippen molar-refractivity contribution in [3.63, 3.8) is 0 Å². The van der Waals surface area contributed by atoms with Gasteiger partial charge in [-0.15, -0.1) is 5.10 Å². The van der Waals surface area contributed by atoms with Gasteiger partial charge in [0.05, 0.1) is 0 Å². The van der Waals surface area contributed by atoms with Gasteiger partial charge < -0.3 is 9.32 Å². The average molecular weight is 275 g/mol. The maximum Gasteiger partial charge on any atom is 0.437 e. The van der Waals surface area contributed by atoms with Crippen LogP contribution in [0.1, 0.15) is 13.8 Å². The van der Waals surface area contributed by atoms with E-state index in [2.05, 4.69) is 5.10 Å². The molecular formula is C14H17N3O3. The lowest BCUT2D eigenvalue weighted by atomic mass is 10.2. The summed E-state index contributed by atoms with van der Waals surface area (Å²) in [4.78, 5) is 25.3. The zero-order valence-electron chi connectivity index (χ0n) is 11.6. The number of amides is 1. The molecule has 0 aliphatic heterocycles. The molecule has 0 atom stereocenters. The SMILES string of the molecule is CCN(CC)C(=O)Cn1nc(-c2ccccc2)oc1=O. The summed E-state index contributed by atoms with van der Waals surface area (Å²) in [5.41, 5.74) is 0.707. The Bertz CT molecular complexity index is 627. The van der Waals surface area contributed by atoms with E-state index in [4.69, 9.17) is 4.42 Å². The van der Waals surface area contributed by atoms with Gasteiger partial charge in [0.2, 0.25) is 11.8 Å². The van der Waals surface area contributed by atoms with Crippen molar-refractivity contribution in [1.29, 1.82) is 0 Å². The molecule has 20 heavy (non-hydrogen) atoms. The molecule has 2 aromatic rings. The molecule has 1 amide bonds. The molecule has 0 aliphatic carbocycles. The first-order valence-electron chi connectivity index (χ1n) is 6.56. The number of carbonyl (C=O) groups is 1. The van der Waals surface area contributed by atoms with E-state index < -0.39 is 5.76 Å². The van der Waals surface area contributed by atoms with Crippen molar-refractivity contribution in [3.8, 4) is 11.5 Å². The standard InChI is InChI=1S/C14H17N3O3/c1-3-16(4-2)12(18)10-17-14(19)20-13(15-17)11-8-6-5-7-9-11/h5-9H,3-4,10H2,1-2H3. The molecule has 0 unspecified atom stereocenters. The van der Waals surface area contributed by atoms with E-state index in [1.807, 2.05) is 32.0 Å². The zero-order chi connectivity index (χ0) is 14.5. The van der Waals surface area contributed by atoms with E-state index in [1.165, 1.54) is 0 Å². The lowest BCUT2D eigenvalue weighted by molar-refractivity contribution is -0.131. The Morgan fingerprint density at radius 2 is 1.90 bits per heavy atom. The largest absolute Gasteiger partial charge is 0.437 e. The third-order valence-corrected chi connectivity index (χ3v) is 3.03. The van der Waals surface area contributed by atoms with Gasteiger partial charge in [-0.05, 0) is 26.0 Å². The minimum atomic E-state index is -0.621. The van der Waals surface area contributed by atoms with Crippen LogP contribution in [0.4, 0.5) is 0 Å². The van der Waals surface area contributed by atoms with Crippen molar-refractivity contribution in [2.24, 2.45) is 0 Å². The number of aromatic nitrogens is 2. The fraction of sp³-hybridized carbons (Fsp3) is 0.357. The molecule has 1 aromatic carbocycles. The maximum absolute atomic E-state index is 12.0. The van der Waals surface area contributed by atoms with Gasteiger partial charge in [-0.3, -0.25) is 4.79 Å². The van der Waals surface area contributed by atoms with Crippen LogP contribution in [0, 0.1) is 0 Å². The van der Waals surface area contributed by atoms with Gasteiger partial charge in [-0.1, -0.05) is 18.2 Å². The molecule has 6 heteroatoms. The molecule has 0 fully saturated rings. The molecule has 106 valence electrons. The smallest absolute Gasteiger partial charge is 0.388 e. The first-order valence-corrected chi connectivity index (χ1v) is 6.56. The number of carbonyl (C=O) groups excluding carboxylic acids is 1. The van der Waals surface area contributed by atoms with E-state index in [1.54, 1.807) is 17.0 Å². The van der Waals surface area contributed by atoms with Crippen LogP contribution in [0.15, 0.2) is 39.5 Å². The summed E-state index contributed by atoms with van der Waals surface area (Å²) in [6.45, 7) is 4.89. The van der Waals surface area contributed by atoms with Gasteiger partial charge in [-0.2, -0.15) is 4.68 Å². The monoisotopic (exact) mass is 275 g/mol. The van der Waals surface area contributed by atoms with Crippen molar-refractivity contribution in [1.82, 2.24) is 14.7 Å². The molecule has 1 heterocycles. The highest BCUT2D eigenvalue weighted by atomic mass is 16.4. The minimum absolute atomic E-state index is 0.100. The summed E-state index contributed by atoms with van der Waals surface area (Å²) in [7, 11) is 0. The van der Waals surface area contributed by atoms with E-state index in [-0.39, 0.29) is 18.3 Å². The number of hydrogen-bond acceptors (Lipinski definition) is 4. The number of nitrogens with zero attached hydrogens (tertiary/aromatic N) is 3. The van der Waals surface area contributed by atoms with E-state index in [0.717, 1.165) is 4.68 Å². The van der Waals surface area contributed by atoms with E-state index in [0.29, 0.717) is 18.7 Å². The van der Waals surface area contributed by atoms with Gasteiger partial charge in [0.1, 0.15) is 6.54 Å². The van der Waals surface area contributed by atoms with Crippen molar-refractivity contribution < 1.29 is 9.21 Å². The van der Waals surface area contributed by atoms with Gasteiger partial charge in [0, 0.05) is 18.7 Å². The van der Waals surface area contributed by atoms with Crippen LogP contribution in [0.25, 0.3) is 11.5 Å². The Labute approximate surface area is 116 Å². The van der Waals surface area contributed by atoms with Crippen LogP contribution in [-0.2, 0) is 11.3 Å². The predicted molar refractivity (Wildman–Crippen MR) is 74.1 cm³/mol. The summed E-state index contributed by atoms with van der Waals surface area (Å²) in [5.74, 6) is -0.544. The Morgan fingerprint density at radius 3 is 2.50 bits per heavy atom. The Kier molecular flexibility index (Phi) is 4.34. The van der Waals surface area contributed by atoms with Crippen LogP contribution in [0.5, 0.6) is 0 Å². The third kappa shape index (κ3) is 2.96. The van der Waals surface area contributed by atoms with E-state index in [9.17, 15) is 9.59 Å². The van der Waals surface area contributed by atoms with Crippen molar-refractivity contribution in [2.75, 3.05) is 13.1 Å². The molecule has 0 aliphatic rings. The summed E-state index contributed by atoms with van der Waals surface area (Å²) in [6, 6.07) is 9.11. The highest BCUT2D eigenvalue weighted by Gasteiger charge is 2.15. The third-order valence-electron chi connectivity index (χ3n) is 3.03. The van der Waals surface area contributed by atoms with Gasteiger partial charge in [-0.25, -0.2) is 4.79 Å². The minimum Gasteiger partial charge on any atom is -0.388 e. The molecular weight excluding hydrogens is 258 g/mol. The highest BCUT2D eigenvalue weighted by Crippen LogP contribution is 2.13. The normalized spacial score (nSPS) is 10.5. The molecule has 0 bridgehead atoms. The predicted octanol–water partition coefficient (Wildman–Crippen LogP) is 1.37. The van der Waals surface area contributed by atoms with Crippen LogP contribution in [0.3, 0.4) is 0 Å². The summed E-state index contributed by atoms with van der Waals surface area (Å²) in [6.07, 6.45) is 0. The molecule has 0 radical (unpaired) electrons. The van der Waals surface area contributed by atoms with Crippen LogP contribution in [0.2, 0.25) is 0 Å². The lowest BCUT2D eigenvalue weighted by Crippen LogP contribution is -2.35. The maximum atomic E-state index is 12.0. The van der Waals surface area contributed by atoms with Crippen LogP contribution in [-0.4, -0.2) is 33.7 Å². The average Bonchev–Trinajstić information content (AvgIpc) is 2.82. The summed E-state index contributed by atoms with van der Waals surface area (Å²) < 4.78 is 6.13. The zero-order valence-corrected chi connectivity index (χ0v) is 11.6. The number of benzene rings is 1. The fourth-order valence-electron chi connectivity index (χ4n) is 1.91. The van der Waals surface area contributed by atoms with Crippen molar-refractivity contribution >= 4 is 5.91 Å². The fourth-order valence-corrected chi connectivity index (χ4v) is 1.91. The molecule has 0 saturated heterocycles. The van der Waals surface area contributed by atoms with Crippen LogP contribution >= 0.6 is 0 Å². The number of hydrogen-bond donors (Lipinski definition) is 0. The van der Waals surface area contributed by atoms with Crippen molar-refractivity contribution in [2.45, 2.75) is 20.4 Å². The quantitative estimate of drug-likeness (QED) is 0.826.